The van der Waals surface area contributed by atoms with E-state index in [4.69, 9.17) is 5.26 Å². The van der Waals surface area contributed by atoms with Gasteiger partial charge in [-0.05, 0) is 6.07 Å². The molecule has 0 radical (unpaired) electrons. The molecule has 0 aliphatic heterocycles. The molecule has 0 unspecified atom stereocenters. The zero-order valence-corrected chi connectivity index (χ0v) is 8.39. The first-order valence-electron chi connectivity index (χ1n) is 4.03. The number of thiazole rings is 1. The molecule has 2 aromatic rings. The highest BCUT2D eigenvalue weighted by Crippen LogP contribution is 2.32. The van der Waals surface area contributed by atoms with Gasteiger partial charge in [0.2, 0.25) is 0 Å². The van der Waals surface area contributed by atoms with Crippen molar-refractivity contribution in [2.24, 2.45) is 0 Å². The van der Waals surface area contributed by atoms with Crippen LogP contribution in [-0.4, -0.2) is 11.3 Å². The first-order valence-corrected chi connectivity index (χ1v) is 4.90. The highest BCUT2D eigenvalue weighted by Gasteiger charge is 2.32. The lowest BCUT2D eigenvalue weighted by atomic mass is 10.2. The van der Waals surface area contributed by atoms with E-state index >= 15 is 0 Å². The standard InChI is InChI=1S/C9H3F3N2OS/c10-9(11,12)15-6-1-5(3-13)2-7-8(6)14-4-16-7/h1-2,4H. The second-order valence-corrected chi connectivity index (χ2v) is 3.72. The number of benzene rings is 1. The maximum Gasteiger partial charge on any atom is 0.573 e. The molecule has 3 nitrogen and oxygen atoms in total. The largest absolute Gasteiger partial charge is 0.573 e. The second kappa shape index (κ2) is 3.64. The van der Waals surface area contributed by atoms with E-state index in [1.54, 1.807) is 6.07 Å². The van der Waals surface area contributed by atoms with Crippen LogP contribution in [0.1, 0.15) is 5.56 Å². The number of nitrogens with zero attached hydrogens (tertiary/aromatic N) is 2. The summed E-state index contributed by atoms with van der Waals surface area (Å²) in [5.41, 5.74) is 1.62. The molecule has 0 aliphatic rings. The van der Waals surface area contributed by atoms with Crippen molar-refractivity contribution in [3.63, 3.8) is 0 Å². The first-order chi connectivity index (χ1) is 7.49. The van der Waals surface area contributed by atoms with Gasteiger partial charge in [0, 0.05) is 6.07 Å². The number of ether oxygens (including phenoxy) is 1. The van der Waals surface area contributed by atoms with Crippen LogP contribution >= 0.6 is 11.3 Å². The van der Waals surface area contributed by atoms with Gasteiger partial charge in [-0.2, -0.15) is 5.26 Å². The van der Waals surface area contributed by atoms with Crippen LogP contribution < -0.4 is 4.74 Å². The topological polar surface area (TPSA) is 45.9 Å². The summed E-state index contributed by atoms with van der Waals surface area (Å²) in [4.78, 5) is 3.76. The minimum absolute atomic E-state index is 0.107. The predicted octanol–water partition coefficient (Wildman–Crippen LogP) is 3.07. The molecule has 1 heterocycles. The van der Waals surface area contributed by atoms with Gasteiger partial charge in [0.25, 0.3) is 0 Å². The Balaban J connectivity index is 2.58. The Hall–Kier alpha value is -1.81. The van der Waals surface area contributed by atoms with Crippen LogP contribution in [0.15, 0.2) is 17.6 Å². The Morgan fingerprint density at radius 1 is 1.38 bits per heavy atom. The SMILES string of the molecule is N#Cc1cc(OC(F)(F)F)c2ncsc2c1. The van der Waals surface area contributed by atoms with Gasteiger partial charge in [0.1, 0.15) is 5.52 Å². The predicted molar refractivity (Wildman–Crippen MR) is 51.0 cm³/mol. The maximum atomic E-state index is 12.1. The third-order valence-corrected chi connectivity index (χ3v) is 2.53. The van der Waals surface area contributed by atoms with Gasteiger partial charge in [-0.1, -0.05) is 0 Å². The van der Waals surface area contributed by atoms with Crippen LogP contribution in [0.2, 0.25) is 0 Å². The second-order valence-electron chi connectivity index (χ2n) is 2.83. The Labute approximate surface area is 91.7 Å². The lowest BCUT2D eigenvalue weighted by molar-refractivity contribution is -0.274. The summed E-state index contributed by atoms with van der Waals surface area (Å²) in [5.74, 6) is -0.442. The van der Waals surface area contributed by atoms with Crippen LogP contribution in [0, 0.1) is 11.3 Å². The molecule has 0 fully saturated rings. The summed E-state index contributed by atoms with van der Waals surface area (Å²) >= 11 is 1.15. The molecule has 82 valence electrons. The molecule has 0 aliphatic carbocycles. The maximum absolute atomic E-state index is 12.1. The van der Waals surface area contributed by atoms with E-state index in [1.165, 1.54) is 11.6 Å². The molecule has 0 bridgehead atoms. The number of alkyl halides is 3. The van der Waals surface area contributed by atoms with Crippen molar-refractivity contribution in [1.29, 1.82) is 5.26 Å². The first kappa shape index (κ1) is 10.7. The number of nitriles is 1. The van der Waals surface area contributed by atoms with Gasteiger partial charge < -0.3 is 4.74 Å². The quantitative estimate of drug-likeness (QED) is 0.774. The van der Waals surface area contributed by atoms with Crippen molar-refractivity contribution in [3.8, 4) is 11.8 Å². The number of hydrogen-bond acceptors (Lipinski definition) is 4. The molecule has 0 saturated heterocycles. The Morgan fingerprint density at radius 3 is 2.75 bits per heavy atom. The van der Waals surface area contributed by atoms with E-state index in [0.29, 0.717) is 4.70 Å². The minimum Gasteiger partial charge on any atom is -0.403 e. The summed E-state index contributed by atoms with van der Waals surface area (Å²) in [6, 6.07) is 4.26. The van der Waals surface area contributed by atoms with E-state index in [1.807, 2.05) is 0 Å². The highest BCUT2D eigenvalue weighted by atomic mass is 32.1. The Morgan fingerprint density at radius 2 is 2.12 bits per heavy atom. The zero-order valence-electron chi connectivity index (χ0n) is 7.58. The Bertz CT molecular complexity index is 570. The molecule has 16 heavy (non-hydrogen) atoms. The number of halogens is 3. The summed E-state index contributed by atoms with van der Waals surface area (Å²) in [7, 11) is 0. The average molecular weight is 244 g/mol. The van der Waals surface area contributed by atoms with Crippen molar-refractivity contribution in [2.45, 2.75) is 6.36 Å². The van der Waals surface area contributed by atoms with Crippen LogP contribution in [0.25, 0.3) is 10.2 Å². The molecule has 0 atom stereocenters. The lowest BCUT2D eigenvalue weighted by Crippen LogP contribution is -2.17. The molecule has 1 aromatic heterocycles. The summed E-state index contributed by atoms with van der Waals surface area (Å²) in [6.07, 6.45) is -4.79. The molecular formula is C9H3F3N2OS. The molecule has 7 heteroatoms. The van der Waals surface area contributed by atoms with Gasteiger partial charge in [0.15, 0.2) is 5.75 Å². The summed E-state index contributed by atoms with van der Waals surface area (Å²) in [6.45, 7) is 0. The van der Waals surface area contributed by atoms with Crippen LogP contribution in [0.5, 0.6) is 5.75 Å². The number of fused-ring (bicyclic) bond motifs is 1. The van der Waals surface area contributed by atoms with Crippen molar-refractivity contribution in [1.82, 2.24) is 4.98 Å². The van der Waals surface area contributed by atoms with E-state index < -0.39 is 12.1 Å². The van der Waals surface area contributed by atoms with Crippen LogP contribution in [0.3, 0.4) is 0 Å². The summed E-state index contributed by atoms with van der Waals surface area (Å²) in [5, 5.41) is 8.65. The van der Waals surface area contributed by atoms with E-state index in [9.17, 15) is 13.2 Å². The third-order valence-electron chi connectivity index (χ3n) is 1.76. The number of hydrogen-bond donors (Lipinski definition) is 0. The Kier molecular flexibility index (Phi) is 2.44. The average Bonchev–Trinajstić information content (AvgIpc) is 2.63. The number of aromatic nitrogens is 1. The monoisotopic (exact) mass is 244 g/mol. The van der Waals surface area contributed by atoms with Crippen LogP contribution in [-0.2, 0) is 0 Å². The third kappa shape index (κ3) is 2.06. The molecule has 1 aromatic carbocycles. The van der Waals surface area contributed by atoms with E-state index in [-0.39, 0.29) is 11.1 Å². The fraction of sp³-hybridized carbons (Fsp3) is 0.111. The van der Waals surface area contributed by atoms with Gasteiger partial charge in [-0.25, -0.2) is 4.98 Å². The van der Waals surface area contributed by atoms with Crippen molar-refractivity contribution in [2.75, 3.05) is 0 Å². The van der Waals surface area contributed by atoms with Crippen molar-refractivity contribution < 1.29 is 17.9 Å². The zero-order chi connectivity index (χ0) is 11.8. The normalized spacial score (nSPS) is 11.4. The van der Waals surface area contributed by atoms with Crippen molar-refractivity contribution in [3.05, 3.63) is 23.2 Å². The highest BCUT2D eigenvalue weighted by molar-refractivity contribution is 7.16. The fourth-order valence-corrected chi connectivity index (χ4v) is 1.93. The molecule has 0 spiro atoms. The van der Waals surface area contributed by atoms with Crippen LogP contribution in [0.4, 0.5) is 13.2 Å². The van der Waals surface area contributed by atoms with Crippen molar-refractivity contribution >= 4 is 21.6 Å². The van der Waals surface area contributed by atoms with Gasteiger partial charge in [-0.3, -0.25) is 0 Å². The van der Waals surface area contributed by atoms with E-state index in [2.05, 4.69) is 9.72 Å². The van der Waals surface area contributed by atoms with Gasteiger partial charge >= 0.3 is 6.36 Å². The van der Waals surface area contributed by atoms with Gasteiger partial charge in [-0.15, -0.1) is 24.5 Å². The molecule has 2 rings (SSSR count). The molecule has 0 saturated carbocycles. The lowest BCUT2D eigenvalue weighted by Gasteiger charge is -2.09. The molecular weight excluding hydrogens is 241 g/mol. The van der Waals surface area contributed by atoms with Gasteiger partial charge in [0.05, 0.1) is 21.8 Å². The smallest absolute Gasteiger partial charge is 0.403 e. The molecule has 0 N–H and O–H groups in total. The summed E-state index contributed by atoms with van der Waals surface area (Å²) < 4.78 is 40.5. The minimum atomic E-state index is -4.79. The van der Waals surface area contributed by atoms with E-state index in [0.717, 1.165) is 17.4 Å². The fourth-order valence-electron chi connectivity index (χ4n) is 1.20. The number of rotatable bonds is 1. The molecule has 0 amide bonds.